The van der Waals surface area contributed by atoms with Crippen LogP contribution in [0.1, 0.15) is 36.0 Å². The molecule has 7 heteroatoms. The second kappa shape index (κ2) is 6.61. The molecule has 6 nitrogen and oxygen atoms in total. The fourth-order valence-corrected chi connectivity index (χ4v) is 3.92. The van der Waals surface area contributed by atoms with Gasteiger partial charge in [-0.15, -0.1) is 12.4 Å². The molecular weight excluding hydrogens is 330 g/mol. The van der Waals surface area contributed by atoms with Gasteiger partial charge in [0.2, 0.25) is 0 Å². The number of ether oxygens (including phenoxy) is 1. The standard InChI is InChI=1S/C17H21N3O3.ClH/c1-20(13-7-11-3-4-12(8-13)18-11)17(22)10-2-5-14-15(6-10)23-9-16(21)19-14;/h2,5-6,11-13,18H,3-4,7-9H2,1H3,(H,19,21);1H. The minimum Gasteiger partial charge on any atom is -0.482 e. The molecule has 3 aliphatic rings. The van der Waals surface area contributed by atoms with E-state index in [0.717, 1.165) is 12.8 Å². The number of nitrogens with one attached hydrogen (secondary N) is 2. The minimum atomic E-state index is -0.168. The lowest BCUT2D eigenvalue weighted by atomic mass is 9.98. The van der Waals surface area contributed by atoms with Crippen LogP contribution in [0, 0.1) is 0 Å². The highest BCUT2D eigenvalue weighted by atomic mass is 35.5. The number of benzene rings is 1. The molecule has 2 saturated heterocycles. The Bertz CT molecular complexity index is 654. The molecule has 24 heavy (non-hydrogen) atoms. The maximum atomic E-state index is 12.8. The van der Waals surface area contributed by atoms with Crippen molar-refractivity contribution in [1.82, 2.24) is 10.2 Å². The highest BCUT2D eigenvalue weighted by Crippen LogP contribution is 2.32. The van der Waals surface area contributed by atoms with Gasteiger partial charge in [-0.05, 0) is 43.9 Å². The summed E-state index contributed by atoms with van der Waals surface area (Å²) in [6.07, 6.45) is 4.48. The topological polar surface area (TPSA) is 70.7 Å². The lowest BCUT2D eigenvalue weighted by Crippen LogP contribution is -2.48. The van der Waals surface area contributed by atoms with Crippen molar-refractivity contribution >= 4 is 29.9 Å². The monoisotopic (exact) mass is 351 g/mol. The van der Waals surface area contributed by atoms with Crippen molar-refractivity contribution in [3.63, 3.8) is 0 Å². The van der Waals surface area contributed by atoms with E-state index < -0.39 is 0 Å². The number of hydrogen-bond donors (Lipinski definition) is 2. The summed E-state index contributed by atoms with van der Waals surface area (Å²) in [6, 6.07) is 6.61. The summed E-state index contributed by atoms with van der Waals surface area (Å²) >= 11 is 0. The van der Waals surface area contributed by atoms with E-state index in [9.17, 15) is 9.59 Å². The van der Waals surface area contributed by atoms with Crippen molar-refractivity contribution in [2.75, 3.05) is 19.0 Å². The molecule has 0 saturated carbocycles. The molecule has 2 N–H and O–H groups in total. The normalized spacial score (nSPS) is 27.4. The number of carbonyl (C=O) groups excluding carboxylic acids is 2. The number of piperidine rings is 1. The summed E-state index contributed by atoms with van der Waals surface area (Å²) in [5.74, 6) is 0.410. The van der Waals surface area contributed by atoms with Crippen molar-refractivity contribution in [2.45, 2.75) is 43.8 Å². The molecule has 2 fully saturated rings. The van der Waals surface area contributed by atoms with Crippen molar-refractivity contribution in [3.8, 4) is 5.75 Å². The molecule has 1 aromatic rings. The highest BCUT2D eigenvalue weighted by molar-refractivity contribution is 5.99. The number of hydrogen-bond acceptors (Lipinski definition) is 4. The van der Waals surface area contributed by atoms with Gasteiger partial charge in [-0.1, -0.05) is 0 Å². The average molecular weight is 352 g/mol. The SMILES string of the molecule is CN(C(=O)c1ccc2c(c1)OCC(=O)N2)C1CC2CCC(C1)N2.Cl. The summed E-state index contributed by atoms with van der Waals surface area (Å²) in [5.41, 5.74) is 1.23. The number of halogens is 1. The van der Waals surface area contributed by atoms with E-state index in [1.54, 1.807) is 18.2 Å². The van der Waals surface area contributed by atoms with Crippen LogP contribution in [0.4, 0.5) is 5.69 Å². The fourth-order valence-electron chi connectivity index (χ4n) is 3.92. The van der Waals surface area contributed by atoms with Crippen LogP contribution in [0.5, 0.6) is 5.75 Å². The predicted octanol–water partition coefficient (Wildman–Crippen LogP) is 1.79. The van der Waals surface area contributed by atoms with E-state index in [-0.39, 0.29) is 36.9 Å². The Morgan fingerprint density at radius 1 is 1.25 bits per heavy atom. The smallest absolute Gasteiger partial charge is 0.262 e. The molecule has 2 atom stereocenters. The second-order valence-corrected chi connectivity index (χ2v) is 6.73. The van der Waals surface area contributed by atoms with E-state index in [4.69, 9.17) is 4.74 Å². The summed E-state index contributed by atoms with van der Waals surface area (Å²) in [5, 5.41) is 6.34. The van der Waals surface area contributed by atoms with Crippen LogP contribution in [0.15, 0.2) is 18.2 Å². The van der Waals surface area contributed by atoms with Gasteiger partial charge < -0.3 is 20.3 Å². The number of carbonyl (C=O) groups is 2. The quantitative estimate of drug-likeness (QED) is 0.852. The molecule has 0 spiro atoms. The molecule has 0 aromatic heterocycles. The average Bonchev–Trinajstić information content (AvgIpc) is 2.91. The number of fused-ring (bicyclic) bond motifs is 3. The van der Waals surface area contributed by atoms with Crippen LogP contribution in [0.2, 0.25) is 0 Å². The third kappa shape index (κ3) is 3.08. The van der Waals surface area contributed by atoms with Gasteiger partial charge in [0.25, 0.3) is 11.8 Å². The van der Waals surface area contributed by atoms with Gasteiger partial charge in [0.15, 0.2) is 6.61 Å². The Balaban J connectivity index is 0.00000169. The predicted molar refractivity (Wildman–Crippen MR) is 92.9 cm³/mol. The van der Waals surface area contributed by atoms with Crippen LogP contribution in [-0.4, -0.2) is 48.5 Å². The van der Waals surface area contributed by atoms with Gasteiger partial charge in [-0.3, -0.25) is 9.59 Å². The Morgan fingerprint density at radius 3 is 2.67 bits per heavy atom. The van der Waals surface area contributed by atoms with E-state index in [0.29, 0.717) is 29.1 Å². The van der Waals surface area contributed by atoms with Gasteiger partial charge in [-0.25, -0.2) is 0 Å². The zero-order valence-electron chi connectivity index (χ0n) is 13.6. The van der Waals surface area contributed by atoms with Crippen LogP contribution in [0.25, 0.3) is 0 Å². The third-order valence-corrected chi connectivity index (χ3v) is 5.18. The number of rotatable bonds is 2. The first kappa shape index (κ1) is 17.0. The lowest BCUT2D eigenvalue weighted by molar-refractivity contribution is -0.118. The highest BCUT2D eigenvalue weighted by Gasteiger charge is 2.36. The zero-order valence-corrected chi connectivity index (χ0v) is 14.4. The molecule has 2 amide bonds. The van der Waals surface area contributed by atoms with Crippen LogP contribution >= 0.6 is 12.4 Å². The summed E-state index contributed by atoms with van der Waals surface area (Å²) in [7, 11) is 1.89. The number of anilines is 1. The first-order valence-corrected chi connectivity index (χ1v) is 8.20. The summed E-state index contributed by atoms with van der Waals surface area (Å²) < 4.78 is 5.40. The van der Waals surface area contributed by atoms with E-state index in [1.165, 1.54) is 12.8 Å². The number of nitrogens with zero attached hydrogens (tertiary/aromatic N) is 1. The van der Waals surface area contributed by atoms with E-state index >= 15 is 0 Å². The molecule has 2 unspecified atom stereocenters. The van der Waals surface area contributed by atoms with E-state index in [1.807, 2.05) is 11.9 Å². The van der Waals surface area contributed by atoms with Crippen LogP contribution in [0.3, 0.4) is 0 Å². The molecule has 0 radical (unpaired) electrons. The first-order valence-electron chi connectivity index (χ1n) is 8.20. The third-order valence-electron chi connectivity index (χ3n) is 5.18. The van der Waals surface area contributed by atoms with Gasteiger partial charge in [0.1, 0.15) is 5.75 Å². The summed E-state index contributed by atoms with van der Waals surface area (Å²) in [4.78, 5) is 26.0. The second-order valence-electron chi connectivity index (χ2n) is 6.73. The fraction of sp³-hybridized carbons (Fsp3) is 0.529. The van der Waals surface area contributed by atoms with Crippen LogP contribution in [-0.2, 0) is 4.79 Å². The molecule has 0 aliphatic carbocycles. The largest absolute Gasteiger partial charge is 0.482 e. The van der Waals surface area contributed by atoms with Crippen molar-refractivity contribution in [3.05, 3.63) is 23.8 Å². The molecule has 3 heterocycles. The Kier molecular flexibility index (Phi) is 4.69. The van der Waals surface area contributed by atoms with Gasteiger partial charge in [-0.2, -0.15) is 0 Å². The van der Waals surface area contributed by atoms with Gasteiger partial charge >= 0.3 is 0 Å². The molecule has 3 aliphatic heterocycles. The number of amides is 2. The molecule has 1 aromatic carbocycles. The zero-order chi connectivity index (χ0) is 16.0. The Labute approximate surface area is 147 Å². The molecule has 130 valence electrons. The van der Waals surface area contributed by atoms with Crippen molar-refractivity contribution in [1.29, 1.82) is 0 Å². The Morgan fingerprint density at radius 2 is 1.96 bits per heavy atom. The Hall–Kier alpha value is -1.79. The van der Waals surface area contributed by atoms with Crippen LogP contribution < -0.4 is 15.4 Å². The summed E-state index contributed by atoms with van der Waals surface area (Å²) in [6.45, 7) is -0.00185. The molecular formula is C17H22ClN3O3. The van der Waals surface area contributed by atoms with E-state index in [2.05, 4.69) is 10.6 Å². The first-order chi connectivity index (χ1) is 11.1. The molecule has 2 bridgehead atoms. The lowest BCUT2D eigenvalue weighted by Gasteiger charge is -2.35. The maximum Gasteiger partial charge on any atom is 0.262 e. The maximum absolute atomic E-state index is 12.8. The van der Waals surface area contributed by atoms with Crippen molar-refractivity contribution in [2.24, 2.45) is 0 Å². The molecule has 4 rings (SSSR count). The van der Waals surface area contributed by atoms with Gasteiger partial charge in [0, 0.05) is 30.7 Å². The van der Waals surface area contributed by atoms with Gasteiger partial charge in [0.05, 0.1) is 5.69 Å². The minimum absolute atomic E-state index is 0. The van der Waals surface area contributed by atoms with Crippen molar-refractivity contribution < 1.29 is 14.3 Å².